The van der Waals surface area contributed by atoms with Crippen LogP contribution in [0.15, 0.2) is 42.5 Å². The van der Waals surface area contributed by atoms with Crippen LogP contribution in [0.3, 0.4) is 0 Å². The molecule has 1 heterocycles. The largest absolute Gasteiger partial charge is 0.496 e. The minimum atomic E-state index is -1.63. The van der Waals surface area contributed by atoms with Gasteiger partial charge in [-0.25, -0.2) is 4.79 Å². The van der Waals surface area contributed by atoms with Gasteiger partial charge in [0.1, 0.15) is 48.1 Å². The highest BCUT2D eigenvalue weighted by Gasteiger charge is 2.44. The SMILES string of the molecule is COc1cc(OCc2ccccc2)cc(C)c1C(=O)OCO[C@@H]1[C@@H](O)[C@H](O)[C@@H](CO)O[C@@H]1O. The number of aliphatic hydroxyl groups excluding tert-OH is 4. The first-order valence-electron chi connectivity index (χ1n) is 10.3. The van der Waals surface area contributed by atoms with E-state index >= 15 is 0 Å². The van der Waals surface area contributed by atoms with Gasteiger partial charge in [0.15, 0.2) is 13.1 Å². The van der Waals surface area contributed by atoms with Crippen molar-refractivity contribution in [2.45, 2.75) is 44.2 Å². The second kappa shape index (κ2) is 11.4. The summed E-state index contributed by atoms with van der Waals surface area (Å²) in [6, 6.07) is 12.9. The van der Waals surface area contributed by atoms with Crippen molar-refractivity contribution in [1.29, 1.82) is 0 Å². The summed E-state index contributed by atoms with van der Waals surface area (Å²) in [6.45, 7) is 0.814. The molecule has 5 atom stereocenters. The monoisotopic (exact) mass is 464 g/mol. The quantitative estimate of drug-likeness (QED) is 0.306. The van der Waals surface area contributed by atoms with Gasteiger partial charge >= 0.3 is 5.97 Å². The zero-order chi connectivity index (χ0) is 24.0. The van der Waals surface area contributed by atoms with Gasteiger partial charge in [-0.2, -0.15) is 0 Å². The molecule has 3 rings (SSSR count). The zero-order valence-corrected chi connectivity index (χ0v) is 18.3. The number of benzene rings is 2. The molecule has 0 amide bonds. The van der Waals surface area contributed by atoms with E-state index in [2.05, 4.69) is 0 Å². The van der Waals surface area contributed by atoms with Crippen LogP contribution in [0.1, 0.15) is 21.5 Å². The van der Waals surface area contributed by atoms with Gasteiger partial charge in [-0.3, -0.25) is 0 Å². The van der Waals surface area contributed by atoms with Crippen molar-refractivity contribution in [3.8, 4) is 11.5 Å². The Morgan fingerprint density at radius 3 is 2.48 bits per heavy atom. The van der Waals surface area contributed by atoms with Crippen LogP contribution < -0.4 is 9.47 Å². The topological polar surface area (TPSA) is 144 Å². The van der Waals surface area contributed by atoms with Gasteiger partial charge in [-0.1, -0.05) is 30.3 Å². The van der Waals surface area contributed by atoms with Crippen LogP contribution in [0.5, 0.6) is 11.5 Å². The van der Waals surface area contributed by atoms with E-state index in [0.717, 1.165) is 5.56 Å². The highest BCUT2D eigenvalue weighted by atomic mass is 16.7. The molecule has 1 aliphatic rings. The number of hydrogen-bond donors (Lipinski definition) is 4. The van der Waals surface area contributed by atoms with E-state index < -0.39 is 50.1 Å². The molecule has 0 aromatic heterocycles. The van der Waals surface area contributed by atoms with E-state index in [1.807, 2.05) is 30.3 Å². The van der Waals surface area contributed by atoms with Gasteiger partial charge in [-0.05, 0) is 24.1 Å². The van der Waals surface area contributed by atoms with Crippen molar-refractivity contribution in [3.05, 3.63) is 59.2 Å². The Bertz CT molecular complexity index is 919. The molecule has 1 saturated heterocycles. The molecule has 0 saturated carbocycles. The molecule has 0 spiro atoms. The zero-order valence-electron chi connectivity index (χ0n) is 18.3. The summed E-state index contributed by atoms with van der Waals surface area (Å²) in [5.74, 6) is -0.00202. The normalized spacial score (nSPS) is 24.8. The molecule has 10 heteroatoms. The van der Waals surface area contributed by atoms with Crippen molar-refractivity contribution >= 4 is 5.97 Å². The van der Waals surface area contributed by atoms with E-state index in [-0.39, 0.29) is 11.3 Å². The molecule has 1 fully saturated rings. The van der Waals surface area contributed by atoms with E-state index in [1.165, 1.54) is 7.11 Å². The Kier molecular flexibility index (Phi) is 8.61. The molecule has 2 aromatic rings. The Hall–Kier alpha value is -2.73. The molecule has 4 N–H and O–H groups in total. The van der Waals surface area contributed by atoms with Gasteiger partial charge in [0.2, 0.25) is 0 Å². The molecule has 0 unspecified atom stereocenters. The van der Waals surface area contributed by atoms with E-state index in [0.29, 0.717) is 17.9 Å². The number of aryl methyl sites for hydroxylation is 1. The summed E-state index contributed by atoms with van der Waals surface area (Å²) >= 11 is 0. The van der Waals surface area contributed by atoms with Crippen molar-refractivity contribution in [3.63, 3.8) is 0 Å². The first-order valence-corrected chi connectivity index (χ1v) is 10.3. The predicted molar refractivity (Wildman–Crippen MR) is 114 cm³/mol. The Morgan fingerprint density at radius 1 is 1.09 bits per heavy atom. The summed E-state index contributed by atoms with van der Waals surface area (Å²) in [7, 11) is 1.41. The fourth-order valence-corrected chi connectivity index (χ4v) is 3.46. The number of rotatable bonds is 9. The van der Waals surface area contributed by atoms with E-state index in [1.54, 1.807) is 19.1 Å². The lowest BCUT2D eigenvalue weighted by molar-refractivity contribution is -0.304. The lowest BCUT2D eigenvalue weighted by Crippen LogP contribution is -2.59. The van der Waals surface area contributed by atoms with Crippen LogP contribution in [0, 0.1) is 6.92 Å². The van der Waals surface area contributed by atoms with Crippen molar-refractivity contribution in [2.24, 2.45) is 0 Å². The maximum atomic E-state index is 12.6. The molecule has 0 radical (unpaired) electrons. The molecule has 0 bridgehead atoms. The van der Waals surface area contributed by atoms with Crippen molar-refractivity contribution in [2.75, 3.05) is 20.5 Å². The maximum absolute atomic E-state index is 12.6. The first kappa shape index (κ1) is 24.9. The van der Waals surface area contributed by atoms with Crippen LogP contribution in [-0.4, -0.2) is 77.6 Å². The van der Waals surface area contributed by atoms with Crippen LogP contribution in [0.4, 0.5) is 0 Å². The second-order valence-corrected chi connectivity index (χ2v) is 7.50. The maximum Gasteiger partial charge on any atom is 0.344 e. The van der Waals surface area contributed by atoms with Gasteiger partial charge in [0.25, 0.3) is 0 Å². The van der Waals surface area contributed by atoms with Gasteiger partial charge in [0, 0.05) is 6.07 Å². The molecular weight excluding hydrogens is 436 g/mol. The third-order valence-electron chi connectivity index (χ3n) is 5.24. The van der Waals surface area contributed by atoms with Crippen LogP contribution >= 0.6 is 0 Å². The van der Waals surface area contributed by atoms with E-state index in [4.69, 9.17) is 28.8 Å². The smallest absolute Gasteiger partial charge is 0.344 e. The number of aliphatic hydroxyl groups is 4. The lowest BCUT2D eigenvalue weighted by Gasteiger charge is -2.39. The Labute approximate surface area is 190 Å². The van der Waals surface area contributed by atoms with Crippen molar-refractivity contribution < 1.29 is 48.9 Å². The van der Waals surface area contributed by atoms with Crippen molar-refractivity contribution in [1.82, 2.24) is 0 Å². The average molecular weight is 464 g/mol. The number of carbonyl (C=O) groups is 1. The molecule has 33 heavy (non-hydrogen) atoms. The van der Waals surface area contributed by atoms with Gasteiger partial charge < -0.3 is 44.1 Å². The Morgan fingerprint density at radius 2 is 1.82 bits per heavy atom. The Balaban J connectivity index is 1.61. The first-order chi connectivity index (χ1) is 15.8. The fourth-order valence-electron chi connectivity index (χ4n) is 3.46. The number of ether oxygens (including phenoxy) is 5. The predicted octanol–water partition coefficient (Wildman–Crippen LogP) is 0.513. The van der Waals surface area contributed by atoms with Crippen LogP contribution in [0.25, 0.3) is 0 Å². The fraction of sp³-hybridized carbons (Fsp3) is 0.435. The highest BCUT2D eigenvalue weighted by Crippen LogP contribution is 2.30. The minimum Gasteiger partial charge on any atom is -0.496 e. The van der Waals surface area contributed by atoms with Crippen LogP contribution in [-0.2, 0) is 20.8 Å². The third-order valence-corrected chi connectivity index (χ3v) is 5.24. The number of hydrogen-bond acceptors (Lipinski definition) is 10. The molecule has 0 aliphatic carbocycles. The molecular formula is C23H28O10. The highest BCUT2D eigenvalue weighted by molar-refractivity contribution is 5.94. The number of carbonyl (C=O) groups excluding carboxylic acids is 1. The summed E-state index contributed by atoms with van der Waals surface area (Å²) in [5, 5.41) is 39.0. The number of esters is 1. The van der Waals surface area contributed by atoms with Gasteiger partial charge in [-0.15, -0.1) is 0 Å². The van der Waals surface area contributed by atoms with E-state index in [9.17, 15) is 20.1 Å². The number of methoxy groups -OCH3 is 1. The standard InChI is InChI=1S/C23H28O10/c1-13-8-15(30-11-14-6-4-3-5-7-14)9-16(29-2)18(13)22(27)32-12-31-21-20(26)19(25)17(10-24)33-23(21)28/h3-9,17,19-21,23-26,28H,10-12H2,1-2H3/t17-,19-,20+,21-,23+/m1/s1. The summed E-state index contributed by atoms with van der Waals surface area (Å²) in [6.07, 6.45) is -7.21. The molecule has 180 valence electrons. The van der Waals surface area contributed by atoms with Crippen LogP contribution in [0.2, 0.25) is 0 Å². The summed E-state index contributed by atoms with van der Waals surface area (Å²) in [4.78, 5) is 12.6. The summed E-state index contributed by atoms with van der Waals surface area (Å²) < 4.78 is 26.4. The summed E-state index contributed by atoms with van der Waals surface area (Å²) in [5.41, 5.74) is 1.69. The average Bonchev–Trinajstić information content (AvgIpc) is 2.82. The minimum absolute atomic E-state index is 0.162. The van der Waals surface area contributed by atoms with Gasteiger partial charge in [0.05, 0.1) is 13.7 Å². The molecule has 10 nitrogen and oxygen atoms in total. The third kappa shape index (κ3) is 5.99. The molecule has 1 aliphatic heterocycles. The lowest BCUT2D eigenvalue weighted by atomic mass is 9.99. The second-order valence-electron chi connectivity index (χ2n) is 7.50. The molecule has 2 aromatic carbocycles.